The van der Waals surface area contributed by atoms with E-state index in [1.807, 2.05) is 24.1 Å². The van der Waals surface area contributed by atoms with Gasteiger partial charge in [-0.3, -0.25) is 9.69 Å². The molecular formula is C14H19N3O2. The molecule has 0 aliphatic rings. The normalized spacial score (nSPS) is 12.2. The van der Waals surface area contributed by atoms with E-state index in [4.69, 9.17) is 5.11 Å². The monoisotopic (exact) mass is 261 g/mol. The minimum Gasteiger partial charge on any atom is -0.480 e. The van der Waals surface area contributed by atoms with Gasteiger partial charge in [0.1, 0.15) is 5.54 Å². The van der Waals surface area contributed by atoms with Crippen LogP contribution in [0.25, 0.3) is 11.0 Å². The molecule has 0 radical (unpaired) electrons. The number of aromatic nitrogens is 2. The molecule has 5 heteroatoms. The van der Waals surface area contributed by atoms with Crippen LogP contribution in [0.4, 0.5) is 0 Å². The third-order valence-corrected chi connectivity index (χ3v) is 3.70. The van der Waals surface area contributed by atoms with Crippen LogP contribution in [0.3, 0.4) is 0 Å². The number of hydrogen-bond donors (Lipinski definition) is 2. The first-order chi connectivity index (χ1) is 8.91. The van der Waals surface area contributed by atoms with Crippen LogP contribution in [0, 0.1) is 0 Å². The van der Waals surface area contributed by atoms with Crippen molar-refractivity contribution in [3.05, 3.63) is 30.1 Å². The fourth-order valence-corrected chi connectivity index (χ4v) is 1.88. The summed E-state index contributed by atoms with van der Waals surface area (Å²) in [5.74, 6) is -0.806. The second kappa shape index (κ2) is 5.01. The Morgan fingerprint density at radius 1 is 1.47 bits per heavy atom. The molecular weight excluding hydrogens is 242 g/mol. The highest BCUT2D eigenvalue weighted by atomic mass is 16.4. The molecule has 0 amide bonds. The topological polar surface area (TPSA) is 69.2 Å². The van der Waals surface area contributed by atoms with Crippen molar-refractivity contribution in [2.75, 3.05) is 13.6 Å². The zero-order chi connectivity index (χ0) is 14.0. The summed E-state index contributed by atoms with van der Waals surface area (Å²) in [5, 5.41) is 9.17. The number of carboxylic acids is 1. The van der Waals surface area contributed by atoms with Crippen LogP contribution in [0.15, 0.2) is 24.5 Å². The van der Waals surface area contributed by atoms with Gasteiger partial charge in [0.15, 0.2) is 0 Å². The minimum atomic E-state index is -0.849. The van der Waals surface area contributed by atoms with Gasteiger partial charge in [-0.1, -0.05) is 6.07 Å². The van der Waals surface area contributed by atoms with Crippen LogP contribution in [0.2, 0.25) is 0 Å². The predicted molar refractivity (Wildman–Crippen MR) is 74.1 cm³/mol. The van der Waals surface area contributed by atoms with Crippen molar-refractivity contribution in [1.29, 1.82) is 0 Å². The summed E-state index contributed by atoms with van der Waals surface area (Å²) in [6.45, 7) is 4.12. The lowest BCUT2D eigenvalue weighted by atomic mass is 10.0. The van der Waals surface area contributed by atoms with Crippen molar-refractivity contribution in [2.24, 2.45) is 0 Å². The van der Waals surface area contributed by atoms with Crippen molar-refractivity contribution in [2.45, 2.75) is 25.8 Å². The van der Waals surface area contributed by atoms with Crippen LogP contribution >= 0.6 is 0 Å². The minimum absolute atomic E-state index is 0.693. The molecule has 2 aromatic rings. The van der Waals surface area contributed by atoms with Crippen LogP contribution in [-0.4, -0.2) is 45.1 Å². The summed E-state index contributed by atoms with van der Waals surface area (Å²) in [4.78, 5) is 20.3. The molecule has 0 fully saturated rings. The molecule has 1 heterocycles. The maximum atomic E-state index is 11.2. The number of rotatable bonds is 5. The Balaban J connectivity index is 2.04. The smallest absolute Gasteiger partial charge is 0.323 e. The molecule has 1 aromatic carbocycles. The van der Waals surface area contributed by atoms with E-state index in [2.05, 4.69) is 16.0 Å². The first kappa shape index (κ1) is 13.5. The Kier molecular flexibility index (Phi) is 3.57. The van der Waals surface area contributed by atoms with Crippen LogP contribution in [-0.2, 0) is 11.2 Å². The number of aromatic amines is 1. The van der Waals surface area contributed by atoms with Crippen molar-refractivity contribution in [1.82, 2.24) is 14.9 Å². The third-order valence-electron chi connectivity index (χ3n) is 3.70. The van der Waals surface area contributed by atoms with Gasteiger partial charge in [-0.15, -0.1) is 0 Å². The summed E-state index contributed by atoms with van der Waals surface area (Å²) in [7, 11) is 1.84. The van der Waals surface area contributed by atoms with Gasteiger partial charge in [-0.25, -0.2) is 4.98 Å². The lowest BCUT2D eigenvalue weighted by Gasteiger charge is -2.31. The second-order valence-corrected chi connectivity index (χ2v) is 5.29. The number of benzene rings is 1. The third kappa shape index (κ3) is 2.76. The predicted octanol–water partition coefficient (Wildman–Crippen LogP) is 1.90. The standard InChI is InChI=1S/C14H19N3O2/c1-14(2,13(18)19)17(3)7-6-10-4-5-11-12(8-10)16-9-15-11/h4-5,8-9H,6-7H2,1-3H3,(H,15,16)(H,18,19). The van der Waals surface area contributed by atoms with E-state index in [1.165, 1.54) is 5.56 Å². The fraction of sp³-hybridized carbons (Fsp3) is 0.429. The highest BCUT2D eigenvalue weighted by Crippen LogP contribution is 2.15. The van der Waals surface area contributed by atoms with E-state index in [0.717, 1.165) is 17.5 Å². The Bertz CT molecular complexity index is 589. The molecule has 0 unspecified atom stereocenters. The molecule has 1 aromatic heterocycles. The van der Waals surface area contributed by atoms with Crippen molar-refractivity contribution in [3.63, 3.8) is 0 Å². The number of imidazole rings is 1. The van der Waals surface area contributed by atoms with Crippen LogP contribution < -0.4 is 0 Å². The van der Waals surface area contributed by atoms with Gasteiger partial charge in [0.05, 0.1) is 17.4 Å². The van der Waals surface area contributed by atoms with E-state index in [0.29, 0.717) is 6.54 Å². The molecule has 0 aliphatic heterocycles. The Morgan fingerprint density at radius 3 is 2.89 bits per heavy atom. The molecule has 0 atom stereocenters. The molecule has 0 bridgehead atoms. The van der Waals surface area contributed by atoms with Crippen LogP contribution in [0.1, 0.15) is 19.4 Å². The average Bonchev–Trinajstić information content (AvgIpc) is 2.82. The van der Waals surface area contributed by atoms with E-state index in [-0.39, 0.29) is 0 Å². The maximum Gasteiger partial charge on any atom is 0.323 e. The zero-order valence-electron chi connectivity index (χ0n) is 11.5. The van der Waals surface area contributed by atoms with E-state index >= 15 is 0 Å². The summed E-state index contributed by atoms with van der Waals surface area (Å²) in [5.41, 5.74) is 2.28. The van der Waals surface area contributed by atoms with Crippen molar-refractivity contribution < 1.29 is 9.90 Å². The molecule has 2 rings (SSSR count). The molecule has 0 saturated carbocycles. The number of nitrogens with zero attached hydrogens (tertiary/aromatic N) is 2. The zero-order valence-corrected chi connectivity index (χ0v) is 11.5. The molecule has 0 aliphatic carbocycles. The lowest BCUT2D eigenvalue weighted by Crippen LogP contribution is -2.48. The Morgan fingerprint density at radius 2 is 2.21 bits per heavy atom. The number of fused-ring (bicyclic) bond motifs is 1. The SMILES string of the molecule is CN(CCc1ccc2nc[nH]c2c1)C(C)(C)C(=O)O. The van der Waals surface area contributed by atoms with E-state index in [9.17, 15) is 4.79 Å². The summed E-state index contributed by atoms with van der Waals surface area (Å²) < 4.78 is 0. The molecule has 0 saturated heterocycles. The lowest BCUT2D eigenvalue weighted by molar-refractivity contribution is -0.148. The van der Waals surface area contributed by atoms with Crippen molar-refractivity contribution >= 4 is 17.0 Å². The number of likely N-dealkylation sites (N-methyl/N-ethyl adjacent to an activating group) is 1. The molecule has 19 heavy (non-hydrogen) atoms. The Labute approximate surface area is 112 Å². The number of hydrogen-bond acceptors (Lipinski definition) is 3. The van der Waals surface area contributed by atoms with E-state index in [1.54, 1.807) is 20.2 Å². The average molecular weight is 261 g/mol. The number of carboxylic acid groups (broad SMARTS) is 1. The van der Waals surface area contributed by atoms with Gasteiger partial charge in [0.25, 0.3) is 0 Å². The largest absolute Gasteiger partial charge is 0.480 e. The second-order valence-electron chi connectivity index (χ2n) is 5.29. The number of nitrogens with one attached hydrogen (secondary N) is 1. The number of H-pyrrole nitrogens is 1. The maximum absolute atomic E-state index is 11.2. The molecule has 0 spiro atoms. The van der Waals surface area contributed by atoms with Gasteiger partial charge in [-0.05, 0) is 45.0 Å². The van der Waals surface area contributed by atoms with E-state index < -0.39 is 11.5 Å². The van der Waals surface area contributed by atoms with Crippen molar-refractivity contribution in [3.8, 4) is 0 Å². The first-order valence-corrected chi connectivity index (χ1v) is 6.28. The fourth-order valence-electron chi connectivity index (χ4n) is 1.88. The van der Waals surface area contributed by atoms with Gasteiger partial charge in [-0.2, -0.15) is 0 Å². The number of aliphatic carboxylic acids is 1. The van der Waals surface area contributed by atoms with Gasteiger partial charge >= 0.3 is 5.97 Å². The first-order valence-electron chi connectivity index (χ1n) is 6.28. The van der Waals surface area contributed by atoms with Crippen LogP contribution in [0.5, 0.6) is 0 Å². The summed E-state index contributed by atoms with van der Waals surface area (Å²) in [6, 6.07) is 6.07. The summed E-state index contributed by atoms with van der Waals surface area (Å²) in [6.07, 6.45) is 2.48. The molecule has 2 N–H and O–H groups in total. The van der Waals surface area contributed by atoms with Gasteiger partial charge in [0.2, 0.25) is 0 Å². The molecule has 102 valence electrons. The van der Waals surface area contributed by atoms with Gasteiger partial charge in [0, 0.05) is 6.54 Å². The summed E-state index contributed by atoms with van der Waals surface area (Å²) >= 11 is 0. The highest BCUT2D eigenvalue weighted by Gasteiger charge is 2.31. The number of carbonyl (C=O) groups is 1. The van der Waals surface area contributed by atoms with Gasteiger partial charge < -0.3 is 10.1 Å². The Hall–Kier alpha value is -1.88. The molecule has 5 nitrogen and oxygen atoms in total. The quantitative estimate of drug-likeness (QED) is 0.862. The highest BCUT2D eigenvalue weighted by molar-refractivity contribution is 5.77.